The Balaban J connectivity index is 2.10. The number of aryl methyl sites for hydroxylation is 1. The smallest absolute Gasteiger partial charge is 0.349 e. The number of ether oxygens (including phenoxy) is 2. The van der Waals surface area contributed by atoms with Crippen LogP contribution in [-0.4, -0.2) is 36.6 Å². The van der Waals surface area contributed by atoms with Crippen molar-refractivity contribution in [2.45, 2.75) is 20.4 Å². The van der Waals surface area contributed by atoms with Crippen LogP contribution in [0.1, 0.15) is 27.3 Å². The highest BCUT2D eigenvalue weighted by Crippen LogP contribution is 2.19. The van der Waals surface area contributed by atoms with E-state index < -0.39 is 12.6 Å². The van der Waals surface area contributed by atoms with E-state index in [9.17, 15) is 14.9 Å². The van der Waals surface area contributed by atoms with Gasteiger partial charge in [0.05, 0.1) is 6.61 Å². The maximum atomic E-state index is 12.2. The van der Waals surface area contributed by atoms with E-state index in [1.807, 2.05) is 30.6 Å². The number of benzene rings is 1. The first-order valence-corrected chi connectivity index (χ1v) is 8.98. The third-order valence-corrected chi connectivity index (χ3v) is 4.52. The molecule has 0 aliphatic carbocycles. The molecule has 1 aromatic carbocycles. The second-order valence-corrected chi connectivity index (χ2v) is 6.58. The fourth-order valence-corrected chi connectivity index (χ4v) is 2.85. The van der Waals surface area contributed by atoms with Crippen molar-refractivity contribution < 1.29 is 19.1 Å². The van der Waals surface area contributed by atoms with Gasteiger partial charge in [-0.05, 0) is 55.8 Å². The van der Waals surface area contributed by atoms with E-state index in [-0.39, 0.29) is 11.4 Å². The van der Waals surface area contributed by atoms with Crippen LogP contribution in [0.15, 0.2) is 35.9 Å². The van der Waals surface area contributed by atoms with E-state index in [1.54, 1.807) is 31.4 Å². The number of aromatic nitrogens is 1. The van der Waals surface area contributed by atoms with Gasteiger partial charge in [-0.2, -0.15) is 5.26 Å². The van der Waals surface area contributed by atoms with Gasteiger partial charge in [0.1, 0.15) is 11.6 Å². The quantitative estimate of drug-likeness (QED) is 0.292. The van der Waals surface area contributed by atoms with Gasteiger partial charge >= 0.3 is 5.97 Å². The zero-order valence-electron chi connectivity index (χ0n) is 16.0. The molecule has 7 heteroatoms. The number of esters is 1. The van der Waals surface area contributed by atoms with Crippen molar-refractivity contribution in [3.8, 4) is 6.07 Å². The van der Waals surface area contributed by atoms with Crippen LogP contribution >= 0.6 is 11.6 Å². The monoisotopic (exact) mass is 400 g/mol. The Morgan fingerprint density at radius 1 is 1.25 bits per heavy atom. The van der Waals surface area contributed by atoms with Crippen molar-refractivity contribution in [2.24, 2.45) is 0 Å². The summed E-state index contributed by atoms with van der Waals surface area (Å²) >= 11 is 5.79. The molecule has 28 heavy (non-hydrogen) atoms. The van der Waals surface area contributed by atoms with Crippen molar-refractivity contribution in [1.29, 1.82) is 5.26 Å². The summed E-state index contributed by atoms with van der Waals surface area (Å²) in [7, 11) is 1.63. The predicted octanol–water partition coefficient (Wildman–Crippen LogP) is 3.74. The molecule has 0 bridgehead atoms. The molecule has 1 heterocycles. The molecule has 0 saturated carbocycles. The summed E-state index contributed by atoms with van der Waals surface area (Å²) in [6, 6.07) is 9.99. The third-order valence-electron chi connectivity index (χ3n) is 4.27. The van der Waals surface area contributed by atoms with E-state index >= 15 is 0 Å². The molecule has 6 nitrogen and oxygen atoms in total. The molecule has 0 amide bonds. The molecule has 0 unspecified atom stereocenters. The number of ketones is 1. The van der Waals surface area contributed by atoms with Crippen LogP contribution in [0.3, 0.4) is 0 Å². The Bertz CT molecular complexity index is 937. The third kappa shape index (κ3) is 5.32. The van der Waals surface area contributed by atoms with E-state index in [0.717, 1.165) is 17.0 Å². The SMILES string of the molecule is COCCn1c(C)cc(/C=C(\C#N)C(=O)OCC(=O)c2ccc(Cl)cc2)c1C. The van der Waals surface area contributed by atoms with E-state index in [1.165, 1.54) is 6.08 Å². The molecule has 1 aromatic heterocycles. The second kappa shape index (κ2) is 9.88. The van der Waals surface area contributed by atoms with Gasteiger partial charge in [0.15, 0.2) is 12.4 Å². The molecule has 0 aliphatic rings. The van der Waals surface area contributed by atoms with Crippen molar-refractivity contribution in [3.63, 3.8) is 0 Å². The number of nitrogens with zero attached hydrogens (tertiary/aromatic N) is 2. The lowest BCUT2D eigenvalue weighted by Gasteiger charge is -2.08. The van der Waals surface area contributed by atoms with Gasteiger partial charge in [0.2, 0.25) is 0 Å². The summed E-state index contributed by atoms with van der Waals surface area (Å²) in [6.45, 7) is 4.61. The molecular formula is C21H21ClN2O4. The van der Waals surface area contributed by atoms with Gasteiger partial charge < -0.3 is 14.0 Å². The molecule has 2 aromatic rings. The summed E-state index contributed by atoms with van der Waals surface area (Å²) in [5.74, 6) is -1.22. The minimum absolute atomic E-state index is 0.170. The van der Waals surface area contributed by atoms with Crippen molar-refractivity contribution in [1.82, 2.24) is 4.57 Å². The number of hydrogen-bond acceptors (Lipinski definition) is 5. The van der Waals surface area contributed by atoms with Crippen LogP contribution in [0.2, 0.25) is 5.02 Å². The number of carbonyl (C=O) groups excluding carboxylic acids is 2. The number of Topliss-reactive ketones (excluding diaryl/α,β-unsaturated/α-hetero) is 1. The van der Waals surface area contributed by atoms with Crippen molar-refractivity contribution in [3.05, 3.63) is 63.4 Å². The van der Waals surface area contributed by atoms with Crippen LogP contribution in [0, 0.1) is 25.2 Å². The minimum atomic E-state index is -0.841. The van der Waals surface area contributed by atoms with E-state index in [4.69, 9.17) is 21.1 Å². The van der Waals surface area contributed by atoms with Gasteiger partial charge in [-0.15, -0.1) is 0 Å². The van der Waals surface area contributed by atoms with Gasteiger partial charge in [0, 0.05) is 35.6 Å². The zero-order chi connectivity index (χ0) is 20.7. The highest BCUT2D eigenvalue weighted by Gasteiger charge is 2.16. The number of carbonyl (C=O) groups is 2. The molecule has 2 rings (SSSR count). The predicted molar refractivity (Wildman–Crippen MR) is 106 cm³/mol. The van der Waals surface area contributed by atoms with Gasteiger partial charge in [-0.3, -0.25) is 4.79 Å². The molecule has 0 radical (unpaired) electrons. The first-order chi connectivity index (χ1) is 13.4. The van der Waals surface area contributed by atoms with Crippen LogP contribution in [0.25, 0.3) is 6.08 Å². The highest BCUT2D eigenvalue weighted by molar-refractivity contribution is 6.30. The van der Waals surface area contributed by atoms with Gasteiger partial charge in [-0.1, -0.05) is 11.6 Å². The van der Waals surface area contributed by atoms with Crippen molar-refractivity contribution in [2.75, 3.05) is 20.3 Å². The van der Waals surface area contributed by atoms with Crippen molar-refractivity contribution >= 4 is 29.4 Å². The lowest BCUT2D eigenvalue weighted by molar-refractivity contribution is -0.137. The topological polar surface area (TPSA) is 81.3 Å². The zero-order valence-corrected chi connectivity index (χ0v) is 16.7. The lowest BCUT2D eigenvalue weighted by Crippen LogP contribution is -2.15. The number of methoxy groups -OCH3 is 1. The molecule has 0 spiro atoms. The fraction of sp³-hybridized carbons (Fsp3) is 0.286. The van der Waals surface area contributed by atoms with Crippen LogP contribution in [0.4, 0.5) is 0 Å². The number of hydrogen-bond donors (Lipinski definition) is 0. The Kier molecular flexibility index (Phi) is 7.56. The molecule has 0 aliphatic heterocycles. The van der Waals surface area contributed by atoms with Crippen LogP contribution < -0.4 is 0 Å². The Morgan fingerprint density at radius 2 is 1.93 bits per heavy atom. The fourth-order valence-electron chi connectivity index (χ4n) is 2.72. The van der Waals surface area contributed by atoms with Gasteiger partial charge in [-0.25, -0.2) is 4.79 Å². The Labute approximate surface area is 168 Å². The minimum Gasteiger partial charge on any atom is -0.453 e. The maximum absolute atomic E-state index is 12.2. The maximum Gasteiger partial charge on any atom is 0.349 e. The summed E-state index contributed by atoms with van der Waals surface area (Å²) in [6.07, 6.45) is 1.47. The summed E-state index contributed by atoms with van der Waals surface area (Å²) in [4.78, 5) is 24.3. The van der Waals surface area contributed by atoms with E-state index in [0.29, 0.717) is 23.7 Å². The molecule has 0 N–H and O–H groups in total. The summed E-state index contributed by atoms with van der Waals surface area (Å²) < 4.78 is 12.2. The number of halogens is 1. The number of rotatable bonds is 8. The molecule has 0 saturated heterocycles. The average molecular weight is 401 g/mol. The largest absolute Gasteiger partial charge is 0.453 e. The standard InChI is InChI=1S/C21H21ClN2O4/c1-14-10-17(15(2)24(14)8-9-27-3)11-18(12-23)21(26)28-13-20(25)16-4-6-19(22)7-5-16/h4-7,10-11H,8-9,13H2,1-3H3/b18-11+. The van der Waals surface area contributed by atoms with Gasteiger partial charge in [0.25, 0.3) is 0 Å². The first kappa shape index (κ1) is 21.4. The summed E-state index contributed by atoms with van der Waals surface area (Å²) in [5.41, 5.74) is 2.85. The molecule has 146 valence electrons. The Morgan fingerprint density at radius 3 is 2.54 bits per heavy atom. The molecule has 0 atom stereocenters. The normalized spacial score (nSPS) is 11.2. The lowest BCUT2D eigenvalue weighted by atomic mass is 10.1. The second-order valence-electron chi connectivity index (χ2n) is 6.15. The number of nitriles is 1. The molecular weight excluding hydrogens is 380 g/mol. The molecule has 0 fully saturated rings. The van der Waals surface area contributed by atoms with Crippen LogP contribution in [0.5, 0.6) is 0 Å². The summed E-state index contributed by atoms with van der Waals surface area (Å²) in [5, 5.41) is 9.84. The highest BCUT2D eigenvalue weighted by atomic mass is 35.5. The average Bonchev–Trinajstić information content (AvgIpc) is 2.95. The Hall–Kier alpha value is -2.88. The van der Waals surface area contributed by atoms with E-state index in [2.05, 4.69) is 0 Å². The van der Waals surface area contributed by atoms with Crippen LogP contribution in [-0.2, 0) is 20.8 Å². The first-order valence-electron chi connectivity index (χ1n) is 8.60.